The van der Waals surface area contributed by atoms with Crippen molar-refractivity contribution >= 4 is 0 Å². The fraction of sp³-hybridized carbons (Fsp3) is 1.00. The number of fused-ring (bicyclic) bond motifs is 1. The zero-order valence-corrected chi connectivity index (χ0v) is 13.0. The number of hydrogen-bond acceptors (Lipinski definition) is 2. The molecule has 0 spiro atoms. The zero-order valence-electron chi connectivity index (χ0n) is 13.0. The van der Waals surface area contributed by atoms with Gasteiger partial charge in [-0.25, -0.2) is 0 Å². The van der Waals surface area contributed by atoms with E-state index >= 15 is 0 Å². The molecule has 0 aromatic heterocycles. The highest BCUT2D eigenvalue weighted by Crippen LogP contribution is 2.50. The summed E-state index contributed by atoms with van der Waals surface area (Å²) in [5.74, 6) is 0.981. The van der Waals surface area contributed by atoms with Gasteiger partial charge in [-0.15, -0.1) is 0 Å². The van der Waals surface area contributed by atoms with E-state index in [4.69, 9.17) is 5.73 Å². The summed E-state index contributed by atoms with van der Waals surface area (Å²) in [7, 11) is 0. The molecule has 1 heterocycles. The monoisotopic (exact) mass is 264 g/mol. The van der Waals surface area contributed by atoms with Gasteiger partial charge in [-0.05, 0) is 62.8 Å². The zero-order chi connectivity index (χ0) is 13.5. The van der Waals surface area contributed by atoms with E-state index in [0.717, 1.165) is 18.5 Å². The van der Waals surface area contributed by atoms with Gasteiger partial charge in [-0.3, -0.25) is 4.90 Å². The topological polar surface area (TPSA) is 29.3 Å². The lowest BCUT2D eigenvalue weighted by Gasteiger charge is -2.53. The van der Waals surface area contributed by atoms with Crippen molar-refractivity contribution in [2.75, 3.05) is 13.1 Å². The molecule has 0 aromatic rings. The van der Waals surface area contributed by atoms with Gasteiger partial charge < -0.3 is 5.73 Å². The van der Waals surface area contributed by atoms with Gasteiger partial charge in [0.25, 0.3) is 0 Å². The lowest BCUT2D eigenvalue weighted by molar-refractivity contribution is -0.0270. The molecule has 3 rings (SSSR count). The maximum absolute atomic E-state index is 6.30. The van der Waals surface area contributed by atoms with E-state index in [9.17, 15) is 0 Å². The molecule has 2 aliphatic carbocycles. The minimum atomic E-state index is 0.337. The third-order valence-corrected chi connectivity index (χ3v) is 6.31. The summed E-state index contributed by atoms with van der Waals surface area (Å²) in [6.45, 7) is 7.06. The van der Waals surface area contributed by atoms with Crippen LogP contribution in [0.2, 0.25) is 0 Å². The maximum Gasteiger partial charge on any atom is 0.0340 e. The second kappa shape index (κ2) is 5.04. The van der Waals surface area contributed by atoms with Crippen LogP contribution in [0.3, 0.4) is 0 Å². The van der Waals surface area contributed by atoms with Crippen LogP contribution in [0.15, 0.2) is 0 Å². The molecule has 3 aliphatic rings. The molecule has 0 amide bonds. The first-order valence-corrected chi connectivity index (χ1v) is 8.53. The minimum Gasteiger partial charge on any atom is -0.329 e. The third-order valence-electron chi connectivity index (χ3n) is 6.31. The maximum atomic E-state index is 6.30. The number of piperidine rings is 1. The van der Waals surface area contributed by atoms with Crippen molar-refractivity contribution in [2.24, 2.45) is 17.1 Å². The van der Waals surface area contributed by atoms with Gasteiger partial charge in [0.1, 0.15) is 0 Å². The summed E-state index contributed by atoms with van der Waals surface area (Å²) in [5, 5.41) is 0. The van der Waals surface area contributed by atoms with Gasteiger partial charge >= 0.3 is 0 Å². The Labute approximate surface area is 119 Å². The molecule has 2 heteroatoms. The summed E-state index contributed by atoms with van der Waals surface area (Å²) in [5.41, 5.74) is 7.14. The van der Waals surface area contributed by atoms with Crippen LogP contribution in [0, 0.1) is 11.3 Å². The van der Waals surface area contributed by atoms with Crippen molar-refractivity contribution in [3.63, 3.8) is 0 Å². The van der Waals surface area contributed by atoms with Crippen molar-refractivity contribution in [3.05, 3.63) is 0 Å². The Morgan fingerprint density at radius 1 is 1.05 bits per heavy atom. The Morgan fingerprint density at radius 2 is 1.79 bits per heavy atom. The molecular weight excluding hydrogens is 232 g/mol. The number of rotatable bonds is 2. The Balaban J connectivity index is 1.82. The molecule has 0 radical (unpaired) electrons. The van der Waals surface area contributed by atoms with Crippen molar-refractivity contribution < 1.29 is 0 Å². The highest BCUT2D eigenvalue weighted by Gasteiger charge is 2.50. The van der Waals surface area contributed by atoms with E-state index < -0.39 is 0 Å². The van der Waals surface area contributed by atoms with Gasteiger partial charge in [0, 0.05) is 18.1 Å². The number of nitrogens with zero attached hydrogens (tertiary/aromatic N) is 1. The first-order chi connectivity index (χ1) is 9.06. The SMILES string of the molecule is CC1(C)CCC(CN)(N2CCCC3CCCCC32)C1. The standard InChI is InChI=1S/C17H32N2/c1-16(2)9-10-17(12-16,13-18)19-11-5-7-14-6-3-4-8-15(14)19/h14-15H,3-13,18H2,1-2H3. The van der Waals surface area contributed by atoms with E-state index in [2.05, 4.69) is 18.7 Å². The first kappa shape index (κ1) is 13.9. The average Bonchev–Trinajstić information content (AvgIpc) is 2.75. The molecule has 2 N–H and O–H groups in total. The lowest BCUT2D eigenvalue weighted by atomic mass is 9.75. The molecule has 0 bridgehead atoms. The van der Waals surface area contributed by atoms with Crippen molar-refractivity contribution in [2.45, 2.75) is 83.2 Å². The van der Waals surface area contributed by atoms with Crippen molar-refractivity contribution in [1.29, 1.82) is 0 Å². The van der Waals surface area contributed by atoms with E-state index in [1.807, 2.05) is 0 Å². The minimum absolute atomic E-state index is 0.337. The molecule has 3 unspecified atom stereocenters. The fourth-order valence-corrected chi connectivity index (χ4v) is 5.39. The largest absolute Gasteiger partial charge is 0.329 e. The smallest absolute Gasteiger partial charge is 0.0340 e. The van der Waals surface area contributed by atoms with Crippen LogP contribution in [0.1, 0.15) is 71.6 Å². The van der Waals surface area contributed by atoms with Crippen LogP contribution in [-0.2, 0) is 0 Å². The Morgan fingerprint density at radius 3 is 2.47 bits per heavy atom. The molecule has 0 aromatic carbocycles. The third kappa shape index (κ3) is 2.47. The van der Waals surface area contributed by atoms with Crippen LogP contribution in [0.5, 0.6) is 0 Å². The predicted molar refractivity (Wildman–Crippen MR) is 81.1 cm³/mol. The quantitative estimate of drug-likeness (QED) is 0.826. The van der Waals surface area contributed by atoms with Gasteiger partial charge in [0.05, 0.1) is 0 Å². The van der Waals surface area contributed by atoms with Gasteiger partial charge in [0.2, 0.25) is 0 Å². The van der Waals surface area contributed by atoms with Gasteiger partial charge in [-0.2, -0.15) is 0 Å². The molecule has 1 saturated heterocycles. The molecule has 110 valence electrons. The van der Waals surface area contributed by atoms with Crippen molar-refractivity contribution in [1.82, 2.24) is 4.90 Å². The van der Waals surface area contributed by atoms with Crippen LogP contribution < -0.4 is 5.73 Å². The summed E-state index contributed by atoms with van der Waals surface area (Å²) in [4.78, 5) is 2.90. The second-order valence-corrected chi connectivity index (χ2v) is 8.22. The Kier molecular flexibility index (Phi) is 3.68. The van der Waals surface area contributed by atoms with E-state index in [0.29, 0.717) is 11.0 Å². The summed E-state index contributed by atoms with van der Waals surface area (Å²) < 4.78 is 0. The van der Waals surface area contributed by atoms with Gasteiger partial charge in [-0.1, -0.05) is 26.7 Å². The molecule has 3 fully saturated rings. The Hall–Kier alpha value is -0.0800. The van der Waals surface area contributed by atoms with E-state index in [1.165, 1.54) is 64.3 Å². The van der Waals surface area contributed by atoms with Crippen LogP contribution >= 0.6 is 0 Å². The molecule has 19 heavy (non-hydrogen) atoms. The van der Waals surface area contributed by atoms with Crippen LogP contribution in [0.4, 0.5) is 0 Å². The normalized spacial score (nSPS) is 43.1. The second-order valence-electron chi connectivity index (χ2n) is 8.22. The summed E-state index contributed by atoms with van der Waals surface area (Å²) >= 11 is 0. The number of hydrogen-bond donors (Lipinski definition) is 1. The highest BCUT2D eigenvalue weighted by molar-refractivity contribution is 5.06. The average molecular weight is 264 g/mol. The van der Waals surface area contributed by atoms with E-state index in [-0.39, 0.29) is 0 Å². The molecule has 3 atom stereocenters. The Bertz CT molecular complexity index is 323. The highest BCUT2D eigenvalue weighted by atomic mass is 15.3. The van der Waals surface area contributed by atoms with Crippen molar-refractivity contribution in [3.8, 4) is 0 Å². The summed E-state index contributed by atoms with van der Waals surface area (Å²) in [6.07, 6.45) is 12.7. The molecular formula is C17H32N2. The summed E-state index contributed by atoms with van der Waals surface area (Å²) in [6, 6.07) is 0.861. The predicted octanol–water partition coefficient (Wildman–Crippen LogP) is 3.55. The first-order valence-electron chi connectivity index (χ1n) is 8.53. The van der Waals surface area contributed by atoms with Crippen LogP contribution in [0.25, 0.3) is 0 Å². The molecule has 2 nitrogen and oxygen atoms in total. The lowest BCUT2D eigenvalue weighted by Crippen LogP contribution is -2.61. The number of likely N-dealkylation sites (tertiary alicyclic amines) is 1. The van der Waals surface area contributed by atoms with Gasteiger partial charge in [0.15, 0.2) is 0 Å². The fourth-order valence-electron chi connectivity index (χ4n) is 5.39. The molecule has 1 aliphatic heterocycles. The van der Waals surface area contributed by atoms with E-state index in [1.54, 1.807) is 0 Å². The molecule has 2 saturated carbocycles. The van der Waals surface area contributed by atoms with Crippen LogP contribution in [-0.4, -0.2) is 29.6 Å². The number of nitrogens with two attached hydrogens (primary N) is 1.